The molecule has 0 aliphatic rings. The van der Waals surface area contributed by atoms with Crippen LogP contribution in [0.1, 0.15) is 12.4 Å². The Morgan fingerprint density at radius 3 is 1.75 bits per heavy atom. The number of fused-ring (bicyclic) bond motifs is 6. The van der Waals surface area contributed by atoms with Gasteiger partial charge < -0.3 is 4.57 Å². The highest BCUT2D eigenvalue weighted by molar-refractivity contribution is 7.26. The monoisotopic (exact) mass is 805 g/mol. The summed E-state index contributed by atoms with van der Waals surface area (Å²) in [5.74, 6) is 1.32. The molecule has 0 radical (unpaired) electrons. The van der Waals surface area contributed by atoms with E-state index in [1.165, 1.54) is 23.5 Å². The normalized spacial score (nSPS) is 13.1. The number of para-hydroxylation sites is 1. The van der Waals surface area contributed by atoms with Gasteiger partial charge in [-0.15, -0.1) is 11.3 Å². The van der Waals surface area contributed by atoms with Gasteiger partial charge in [-0.25, -0.2) is 15.0 Å². The Balaban J connectivity index is 1.24. The first-order chi connectivity index (χ1) is 31.4. The first-order valence-electron chi connectivity index (χ1n) is 21.6. The Morgan fingerprint density at radius 1 is 0.450 bits per heavy atom. The minimum atomic E-state index is -4.46. The smallest absolute Gasteiger partial charge is 0.309 e. The molecule has 0 aliphatic carbocycles. The Morgan fingerprint density at radius 2 is 1.05 bits per heavy atom. The van der Waals surface area contributed by atoms with Crippen molar-refractivity contribution in [2.24, 2.45) is 0 Å². The minimum absolute atomic E-state index is 0.103. The fraction of sp³-hybridized carbons (Fsp3) is 0.0192. The highest BCUT2D eigenvalue weighted by Crippen LogP contribution is 2.46. The number of benzene rings is 8. The van der Waals surface area contributed by atoms with Gasteiger partial charge in [0.05, 0.1) is 23.5 Å². The molecule has 11 aromatic rings. The number of thiophene rings is 1. The van der Waals surface area contributed by atoms with E-state index in [1.807, 2.05) is 121 Å². The van der Waals surface area contributed by atoms with Crippen molar-refractivity contribution >= 4 is 53.3 Å². The first-order valence-corrected chi connectivity index (χ1v) is 19.9. The van der Waals surface area contributed by atoms with Crippen LogP contribution in [0.2, 0.25) is 0 Å². The van der Waals surface area contributed by atoms with Crippen LogP contribution in [0.15, 0.2) is 188 Å². The van der Waals surface area contributed by atoms with Crippen LogP contribution in [0.5, 0.6) is 0 Å². The first kappa shape index (κ1) is 30.6. The maximum absolute atomic E-state index is 13.6. The van der Waals surface area contributed by atoms with Gasteiger partial charge in [0.15, 0.2) is 17.5 Å². The fourth-order valence-corrected chi connectivity index (χ4v) is 9.28. The Hall–Kier alpha value is -7.42. The van der Waals surface area contributed by atoms with Crippen LogP contribution >= 0.6 is 11.3 Å². The Kier molecular flexibility index (Phi) is 7.22. The number of halogens is 3. The third kappa shape index (κ3) is 6.12. The number of rotatable bonds is 6. The van der Waals surface area contributed by atoms with Gasteiger partial charge in [0.1, 0.15) is 0 Å². The lowest BCUT2D eigenvalue weighted by Crippen LogP contribution is -2.04. The number of hydrogen-bond donors (Lipinski definition) is 0. The maximum Gasteiger partial charge on any atom is 0.416 e. The summed E-state index contributed by atoms with van der Waals surface area (Å²) in [5.41, 5.74) is 5.95. The van der Waals surface area contributed by atoms with E-state index in [0.717, 1.165) is 71.8 Å². The van der Waals surface area contributed by atoms with Crippen molar-refractivity contribution < 1.29 is 20.0 Å². The molecule has 60 heavy (non-hydrogen) atoms. The summed E-state index contributed by atoms with van der Waals surface area (Å²) in [6.45, 7) is 0. The third-order valence-corrected chi connectivity index (χ3v) is 12.1. The average Bonchev–Trinajstić information content (AvgIpc) is 3.88. The van der Waals surface area contributed by atoms with Crippen LogP contribution < -0.4 is 0 Å². The van der Waals surface area contributed by atoms with E-state index in [-0.39, 0.29) is 17.6 Å². The summed E-state index contributed by atoms with van der Waals surface area (Å²) in [4.78, 5) is 15.3. The van der Waals surface area contributed by atoms with Crippen molar-refractivity contribution in [3.8, 4) is 62.1 Å². The lowest BCUT2D eigenvalue weighted by Gasteiger charge is -2.14. The Labute approximate surface area is 353 Å². The van der Waals surface area contributed by atoms with E-state index in [4.69, 9.17) is 21.8 Å². The molecule has 11 rings (SSSR count). The van der Waals surface area contributed by atoms with Crippen LogP contribution in [-0.4, -0.2) is 19.5 Å². The lowest BCUT2D eigenvalue weighted by molar-refractivity contribution is -0.137. The van der Waals surface area contributed by atoms with Gasteiger partial charge in [0.2, 0.25) is 0 Å². The second kappa shape index (κ2) is 14.1. The summed E-state index contributed by atoms with van der Waals surface area (Å²) in [6, 6.07) is 46.2. The number of nitrogens with zero attached hydrogens (tertiary/aromatic N) is 4. The van der Waals surface area contributed by atoms with Crippen LogP contribution in [-0.2, 0) is 6.18 Å². The zero-order chi connectivity index (χ0) is 44.7. The molecular formula is C52H31F3N4S. The molecule has 0 atom stereocenters. The van der Waals surface area contributed by atoms with E-state index < -0.39 is 29.9 Å². The fourth-order valence-electron chi connectivity index (χ4n) is 7.97. The molecule has 286 valence electrons. The topological polar surface area (TPSA) is 43.6 Å². The van der Waals surface area contributed by atoms with E-state index in [2.05, 4.69) is 10.6 Å². The van der Waals surface area contributed by atoms with E-state index in [1.54, 1.807) is 6.07 Å². The van der Waals surface area contributed by atoms with Crippen molar-refractivity contribution in [2.75, 3.05) is 0 Å². The van der Waals surface area contributed by atoms with E-state index in [9.17, 15) is 13.2 Å². The molecule has 8 heteroatoms. The van der Waals surface area contributed by atoms with Gasteiger partial charge in [0, 0.05) is 53.3 Å². The minimum Gasteiger partial charge on any atom is -0.309 e. The molecule has 0 amide bonds. The summed E-state index contributed by atoms with van der Waals surface area (Å²) >= 11 is 1.43. The van der Waals surface area contributed by atoms with Crippen molar-refractivity contribution in [1.82, 2.24) is 19.5 Å². The van der Waals surface area contributed by atoms with Crippen LogP contribution in [0.25, 0.3) is 104 Å². The SMILES string of the molecule is [2H]c1c([2H])c([2H])c(-c2cccc3c2sc2c(-c4nc(-c5ccccc5)nc(-c5ccccc5)n4)cc(-n4c5ccccc5c5ccc(-c6ccc(C(F)(F)F)cc6)cc54)cc23)c([2H])c1[2H]. The van der Waals surface area contributed by atoms with Crippen LogP contribution in [0.4, 0.5) is 13.2 Å². The van der Waals surface area contributed by atoms with Crippen molar-refractivity contribution in [3.05, 3.63) is 194 Å². The number of hydrogen-bond acceptors (Lipinski definition) is 4. The summed E-state index contributed by atoms with van der Waals surface area (Å²) in [5, 5.41) is 3.53. The molecule has 3 heterocycles. The molecule has 3 aromatic heterocycles. The summed E-state index contributed by atoms with van der Waals surface area (Å²) < 4.78 is 87.5. The van der Waals surface area contributed by atoms with Crippen LogP contribution in [0, 0.1) is 0 Å². The molecule has 0 saturated carbocycles. The predicted molar refractivity (Wildman–Crippen MR) is 239 cm³/mol. The number of alkyl halides is 3. The van der Waals surface area contributed by atoms with Gasteiger partial charge in [0.25, 0.3) is 0 Å². The molecule has 0 spiro atoms. The molecule has 0 fully saturated rings. The van der Waals surface area contributed by atoms with Crippen LogP contribution in [0.3, 0.4) is 0 Å². The van der Waals surface area contributed by atoms with E-state index in [0.29, 0.717) is 38.9 Å². The second-order valence-electron chi connectivity index (χ2n) is 14.4. The van der Waals surface area contributed by atoms with E-state index >= 15 is 0 Å². The molecule has 0 aliphatic heterocycles. The third-order valence-electron chi connectivity index (χ3n) is 10.8. The quantitative estimate of drug-likeness (QED) is 0.168. The lowest BCUT2D eigenvalue weighted by atomic mass is 10.0. The largest absolute Gasteiger partial charge is 0.416 e. The molecule has 0 unspecified atom stereocenters. The maximum atomic E-state index is 13.6. The zero-order valence-electron chi connectivity index (χ0n) is 36.3. The second-order valence-corrected chi connectivity index (χ2v) is 15.4. The molecule has 8 aromatic carbocycles. The molecule has 0 saturated heterocycles. The van der Waals surface area contributed by atoms with Crippen molar-refractivity contribution in [3.63, 3.8) is 0 Å². The number of aromatic nitrogens is 4. The predicted octanol–water partition coefficient (Wildman–Crippen LogP) is 14.7. The summed E-state index contributed by atoms with van der Waals surface area (Å²) in [7, 11) is 0. The van der Waals surface area contributed by atoms with Crippen molar-refractivity contribution in [1.29, 1.82) is 0 Å². The molecule has 4 nitrogen and oxygen atoms in total. The Bertz CT molecular complexity index is 3620. The summed E-state index contributed by atoms with van der Waals surface area (Å²) in [6.07, 6.45) is -4.46. The molecule has 0 N–H and O–H groups in total. The van der Waals surface area contributed by atoms with Crippen molar-refractivity contribution in [2.45, 2.75) is 6.18 Å². The standard InChI is InChI=1S/C52H31F3N4S/c53-52(54,55)37-26-23-32(24-27-37)36-25-28-41-40-19-10-11-22-45(40)59(46(41)29-36)38-30-43-42-21-12-20-39(33-13-4-1-5-14-33)47(42)60-48(43)44(31-38)51-57-49(34-15-6-2-7-16-34)56-50(58-51)35-17-8-3-9-18-35/h1-31H/i1D,4D,5D,13D,14D. The van der Waals surface area contributed by atoms with Gasteiger partial charge in [-0.2, -0.15) is 13.2 Å². The average molecular weight is 806 g/mol. The molecule has 0 bridgehead atoms. The zero-order valence-corrected chi connectivity index (χ0v) is 32.2. The van der Waals surface area contributed by atoms with Gasteiger partial charge in [-0.3, -0.25) is 0 Å². The molecular weight excluding hydrogens is 770 g/mol. The van der Waals surface area contributed by atoms with Gasteiger partial charge in [-0.1, -0.05) is 152 Å². The highest BCUT2D eigenvalue weighted by Gasteiger charge is 2.30. The van der Waals surface area contributed by atoms with Gasteiger partial charge >= 0.3 is 6.18 Å². The van der Waals surface area contributed by atoms with Gasteiger partial charge in [-0.05, 0) is 58.7 Å². The highest BCUT2D eigenvalue weighted by atomic mass is 32.1.